The fraction of sp³-hybridized carbons (Fsp3) is 0.273. The van der Waals surface area contributed by atoms with Crippen LogP contribution < -0.4 is 4.74 Å². The van der Waals surface area contributed by atoms with Crippen LogP contribution in [0.4, 0.5) is 0 Å². The number of ether oxygens (including phenoxy) is 1. The van der Waals surface area contributed by atoms with Crippen molar-refractivity contribution in [2.45, 2.75) is 26.8 Å². The van der Waals surface area contributed by atoms with Crippen molar-refractivity contribution in [1.29, 1.82) is 0 Å². The second-order valence-electron chi connectivity index (χ2n) is 6.69. The molecule has 0 saturated heterocycles. The lowest BCUT2D eigenvalue weighted by molar-refractivity contribution is 0.0736. The fourth-order valence-electron chi connectivity index (χ4n) is 3.31. The first kappa shape index (κ1) is 17.7. The summed E-state index contributed by atoms with van der Waals surface area (Å²) in [7, 11) is 0. The average molecular weight is 378 g/mol. The number of aryl methyl sites for hydroxylation is 1. The molecule has 3 aromatic rings. The number of rotatable bonds is 4. The molecule has 1 aliphatic heterocycles. The molecule has 0 saturated carbocycles. The summed E-state index contributed by atoms with van der Waals surface area (Å²) < 4.78 is 5.51. The van der Waals surface area contributed by atoms with Gasteiger partial charge in [0.2, 0.25) is 0 Å². The highest BCUT2D eigenvalue weighted by atomic mass is 32.1. The maximum Gasteiger partial charge on any atom is 0.254 e. The van der Waals surface area contributed by atoms with Crippen LogP contribution in [0.5, 0.6) is 5.75 Å². The molecule has 2 aromatic carbocycles. The largest absolute Gasteiger partial charge is 0.494 e. The molecular formula is C22H22N2O2S. The molecule has 0 aliphatic carbocycles. The van der Waals surface area contributed by atoms with Gasteiger partial charge in [-0.2, -0.15) is 0 Å². The highest BCUT2D eigenvalue weighted by molar-refractivity contribution is 7.15. The van der Waals surface area contributed by atoms with E-state index in [1.54, 1.807) is 11.3 Å². The molecule has 0 atom stereocenters. The maximum atomic E-state index is 12.8. The molecule has 0 spiro atoms. The molecule has 2 heterocycles. The van der Waals surface area contributed by atoms with E-state index in [1.807, 2.05) is 67.3 Å². The molecule has 5 heteroatoms. The Labute approximate surface area is 163 Å². The van der Waals surface area contributed by atoms with Crippen LogP contribution in [0.2, 0.25) is 0 Å². The number of hydrogen-bond acceptors (Lipinski definition) is 4. The SMILES string of the molecule is CCOc1ccc(-c2nc3c(s2)CN(C(=O)c2cccc(C)c2)CC3)cc1. The third-order valence-corrected chi connectivity index (χ3v) is 5.83. The predicted molar refractivity (Wildman–Crippen MR) is 108 cm³/mol. The second kappa shape index (κ2) is 7.53. The monoisotopic (exact) mass is 378 g/mol. The van der Waals surface area contributed by atoms with E-state index in [1.165, 1.54) is 4.88 Å². The van der Waals surface area contributed by atoms with Crippen LogP contribution in [-0.4, -0.2) is 28.9 Å². The highest BCUT2D eigenvalue weighted by Gasteiger charge is 2.25. The van der Waals surface area contributed by atoms with Crippen molar-refractivity contribution in [2.24, 2.45) is 0 Å². The number of benzene rings is 2. The van der Waals surface area contributed by atoms with Crippen LogP contribution in [0.1, 0.15) is 33.4 Å². The molecule has 0 bridgehead atoms. The number of carbonyl (C=O) groups excluding carboxylic acids is 1. The molecule has 4 nitrogen and oxygen atoms in total. The zero-order valence-corrected chi connectivity index (χ0v) is 16.4. The van der Waals surface area contributed by atoms with E-state index in [2.05, 4.69) is 0 Å². The average Bonchev–Trinajstić information content (AvgIpc) is 3.11. The first-order valence-corrected chi connectivity index (χ1v) is 10.0. The summed E-state index contributed by atoms with van der Waals surface area (Å²) in [5, 5.41) is 1.01. The van der Waals surface area contributed by atoms with E-state index in [0.29, 0.717) is 19.7 Å². The van der Waals surface area contributed by atoms with E-state index < -0.39 is 0 Å². The standard InChI is InChI=1S/C22H22N2O2S/c1-3-26-18-9-7-16(8-10-18)21-23-19-11-12-24(14-20(19)27-21)22(25)17-6-4-5-15(2)13-17/h4-10,13H,3,11-12,14H2,1-2H3. The summed E-state index contributed by atoms with van der Waals surface area (Å²) in [4.78, 5) is 20.8. The molecule has 138 valence electrons. The Morgan fingerprint density at radius 2 is 2.04 bits per heavy atom. The molecule has 0 radical (unpaired) electrons. The molecule has 0 unspecified atom stereocenters. The minimum absolute atomic E-state index is 0.0976. The molecular weight excluding hydrogens is 356 g/mol. The smallest absolute Gasteiger partial charge is 0.254 e. The third-order valence-electron chi connectivity index (χ3n) is 4.70. The highest BCUT2D eigenvalue weighted by Crippen LogP contribution is 2.33. The Bertz CT molecular complexity index is 963. The van der Waals surface area contributed by atoms with Gasteiger partial charge in [-0.15, -0.1) is 11.3 Å². The van der Waals surface area contributed by atoms with Gasteiger partial charge in [-0.05, 0) is 50.2 Å². The summed E-state index contributed by atoms with van der Waals surface area (Å²) in [6.45, 7) is 6.00. The Morgan fingerprint density at radius 3 is 2.78 bits per heavy atom. The Hall–Kier alpha value is -2.66. The van der Waals surface area contributed by atoms with Crippen molar-refractivity contribution in [2.75, 3.05) is 13.2 Å². The molecule has 1 aliphatic rings. The molecule has 27 heavy (non-hydrogen) atoms. The Morgan fingerprint density at radius 1 is 1.22 bits per heavy atom. The lowest BCUT2D eigenvalue weighted by Crippen LogP contribution is -2.35. The number of fused-ring (bicyclic) bond motifs is 1. The van der Waals surface area contributed by atoms with Crippen molar-refractivity contribution in [3.63, 3.8) is 0 Å². The molecule has 0 fully saturated rings. The topological polar surface area (TPSA) is 42.4 Å². The van der Waals surface area contributed by atoms with Crippen molar-refractivity contribution in [3.8, 4) is 16.3 Å². The predicted octanol–water partition coefficient (Wildman–Crippen LogP) is 4.72. The van der Waals surface area contributed by atoms with Gasteiger partial charge in [-0.1, -0.05) is 17.7 Å². The van der Waals surface area contributed by atoms with Crippen LogP contribution in [0, 0.1) is 6.92 Å². The van der Waals surface area contributed by atoms with Crippen molar-refractivity contribution in [1.82, 2.24) is 9.88 Å². The lowest BCUT2D eigenvalue weighted by atomic mass is 10.1. The normalized spacial score (nSPS) is 13.3. The quantitative estimate of drug-likeness (QED) is 0.660. The van der Waals surface area contributed by atoms with Crippen LogP contribution in [0.3, 0.4) is 0 Å². The van der Waals surface area contributed by atoms with Crippen LogP contribution >= 0.6 is 11.3 Å². The minimum atomic E-state index is 0.0976. The van der Waals surface area contributed by atoms with E-state index in [0.717, 1.165) is 39.6 Å². The van der Waals surface area contributed by atoms with Crippen LogP contribution in [0.15, 0.2) is 48.5 Å². The zero-order valence-electron chi connectivity index (χ0n) is 15.6. The first-order valence-electron chi connectivity index (χ1n) is 9.22. The lowest BCUT2D eigenvalue weighted by Gasteiger charge is -2.26. The molecule has 4 rings (SSSR count). The van der Waals surface area contributed by atoms with Gasteiger partial charge in [-0.3, -0.25) is 4.79 Å². The van der Waals surface area contributed by atoms with Crippen molar-refractivity contribution in [3.05, 3.63) is 70.2 Å². The maximum absolute atomic E-state index is 12.8. The van der Waals surface area contributed by atoms with Gasteiger partial charge in [0.1, 0.15) is 10.8 Å². The zero-order chi connectivity index (χ0) is 18.8. The van der Waals surface area contributed by atoms with E-state index in [4.69, 9.17) is 9.72 Å². The van der Waals surface area contributed by atoms with Crippen LogP contribution in [0.25, 0.3) is 10.6 Å². The van der Waals surface area contributed by atoms with E-state index in [9.17, 15) is 4.79 Å². The van der Waals surface area contributed by atoms with Gasteiger partial charge in [0, 0.05) is 29.0 Å². The first-order chi connectivity index (χ1) is 13.1. The molecule has 0 N–H and O–H groups in total. The summed E-state index contributed by atoms with van der Waals surface area (Å²) >= 11 is 1.68. The number of thiazole rings is 1. The number of carbonyl (C=O) groups is 1. The van der Waals surface area contributed by atoms with Gasteiger partial charge < -0.3 is 9.64 Å². The number of amides is 1. The van der Waals surface area contributed by atoms with E-state index >= 15 is 0 Å². The Balaban J connectivity index is 1.53. The van der Waals surface area contributed by atoms with Crippen LogP contribution in [-0.2, 0) is 13.0 Å². The summed E-state index contributed by atoms with van der Waals surface area (Å²) in [5.74, 6) is 0.970. The van der Waals surface area contributed by atoms with Gasteiger partial charge in [0.05, 0.1) is 18.8 Å². The number of nitrogens with zero attached hydrogens (tertiary/aromatic N) is 2. The van der Waals surface area contributed by atoms with Gasteiger partial charge in [0.15, 0.2) is 0 Å². The Kier molecular flexibility index (Phi) is 4.94. The van der Waals surface area contributed by atoms with Crippen molar-refractivity contribution < 1.29 is 9.53 Å². The summed E-state index contributed by atoms with van der Waals surface area (Å²) in [6.07, 6.45) is 0.806. The number of aromatic nitrogens is 1. The van der Waals surface area contributed by atoms with Gasteiger partial charge in [-0.25, -0.2) is 4.98 Å². The molecule has 1 aromatic heterocycles. The third kappa shape index (κ3) is 3.74. The summed E-state index contributed by atoms with van der Waals surface area (Å²) in [6, 6.07) is 15.8. The van der Waals surface area contributed by atoms with Gasteiger partial charge >= 0.3 is 0 Å². The fourth-order valence-corrected chi connectivity index (χ4v) is 4.44. The number of hydrogen-bond donors (Lipinski definition) is 0. The van der Waals surface area contributed by atoms with Crippen molar-refractivity contribution >= 4 is 17.2 Å². The minimum Gasteiger partial charge on any atom is -0.494 e. The summed E-state index contributed by atoms with van der Waals surface area (Å²) in [5.41, 5.74) is 4.08. The van der Waals surface area contributed by atoms with E-state index in [-0.39, 0.29) is 5.91 Å². The second-order valence-corrected chi connectivity index (χ2v) is 7.78. The molecule has 1 amide bonds. The van der Waals surface area contributed by atoms with Gasteiger partial charge in [0.25, 0.3) is 5.91 Å².